The smallest absolute Gasteiger partial charge is 0.475 e. The molecule has 4 heterocycles. The molecule has 8 rings (SSSR count). The maximum Gasteiger partial charge on any atom is 0.490 e. The molecule has 5 amide bonds. The summed E-state index contributed by atoms with van der Waals surface area (Å²) in [5, 5.41) is 20.5. The normalized spacial score (nSPS) is 20.8. The summed E-state index contributed by atoms with van der Waals surface area (Å²) in [6.07, 6.45) is 4.53. The Hall–Kier alpha value is -6.19. The van der Waals surface area contributed by atoms with Gasteiger partial charge < -0.3 is 39.7 Å². The van der Waals surface area contributed by atoms with E-state index in [2.05, 4.69) is 15.5 Å². The third kappa shape index (κ3) is 15.0. The topological polar surface area (TPSA) is 196 Å². The van der Waals surface area contributed by atoms with Gasteiger partial charge >= 0.3 is 30.3 Å². The molecule has 2 aliphatic heterocycles. The Labute approximate surface area is 433 Å². The average Bonchev–Trinajstić information content (AvgIpc) is 4.17. The van der Waals surface area contributed by atoms with Crippen LogP contribution in [0.25, 0.3) is 0 Å². The van der Waals surface area contributed by atoms with E-state index in [1.165, 1.54) is 39.2 Å². The van der Waals surface area contributed by atoms with Crippen LogP contribution in [0.2, 0.25) is 10.0 Å². The van der Waals surface area contributed by atoms with Crippen molar-refractivity contribution in [1.82, 2.24) is 39.6 Å². The Morgan fingerprint density at radius 1 is 0.712 bits per heavy atom. The minimum absolute atomic E-state index is 0. The first-order valence-corrected chi connectivity index (χ1v) is 24.2. The molecule has 18 nitrogen and oxygen atoms in total. The zero-order valence-electron chi connectivity index (χ0n) is 41.2. The lowest BCUT2D eigenvalue weighted by molar-refractivity contribution is -0.192. The van der Waals surface area contributed by atoms with E-state index in [-0.39, 0.29) is 55.3 Å². The second-order valence-electron chi connectivity index (χ2n) is 19.6. The molecule has 73 heavy (non-hydrogen) atoms. The molecule has 4 aliphatic rings. The largest absolute Gasteiger partial charge is 0.490 e. The molecule has 0 radical (unpaired) electrons. The number of benzene rings is 2. The van der Waals surface area contributed by atoms with Crippen molar-refractivity contribution < 1.29 is 51.8 Å². The number of anilines is 2. The second-order valence-corrected chi connectivity index (χ2v) is 20.4. The van der Waals surface area contributed by atoms with E-state index < -0.39 is 17.7 Å². The maximum atomic E-state index is 13.2. The first-order valence-electron chi connectivity index (χ1n) is 23.5. The number of fused-ring (bicyclic) bond motifs is 2. The van der Waals surface area contributed by atoms with Gasteiger partial charge in [-0.25, -0.2) is 19.2 Å². The molecular weight excluding hydrogens is 997 g/mol. The third-order valence-electron chi connectivity index (χ3n) is 13.4. The Bertz CT molecular complexity index is 2580. The van der Waals surface area contributed by atoms with Crippen LogP contribution in [-0.2, 0) is 32.2 Å². The molecular formula is C50H65Cl2F3N10O8. The minimum atomic E-state index is -5.08. The average molecular weight is 1060 g/mol. The lowest BCUT2D eigenvalue weighted by Gasteiger charge is -2.33. The fourth-order valence-corrected chi connectivity index (χ4v) is 9.90. The van der Waals surface area contributed by atoms with Gasteiger partial charge in [0.05, 0.1) is 42.7 Å². The van der Waals surface area contributed by atoms with E-state index in [1.54, 1.807) is 37.6 Å². The van der Waals surface area contributed by atoms with Crippen molar-refractivity contribution in [3.8, 4) is 0 Å². The fraction of sp³-hybridized carbons (Fsp3) is 0.520. The highest BCUT2D eigenvalue weighted by molar-refractivity contribution is 6.31. The highest BCUT2D eigenvalue weighted by Crippen LogP contribution is 2.42. The molecule has 0 spiro atoms. The van der Waals surface area contributed by atoms with E-state index in [4.69, 9.17) is 37.8 Å². The summed E-state index contributed by atoms with van der Waals surface area (Å²) < 4.78 is 40.1. The molecule has 2 aromatic heterocycles. The molecule has 398 valence electrons. The lowest BCUT2D eigenvalue weighted by atomic mass is 10.0. The summed E-state index contributed by atoms with van der Waals surface area (Å²) in [5.41, 5.74) is 2.58. The highest BCUT2D eigenvalue weighted by Gasteiger charge is 2.47. The molecule has 2 unspecified atom stereocenters. The molecule has 4 aromatic rings. The Balaban J connectivity index is 0.000000240. The second kappa shape index (κ2) is 24.2. The number of carboxylic acid groups (broad SMARTS) is 1. The molecule has 2 saturated heterocycles. The number of amides is 5. The van der Waals surface area contributed by atoms with E-state index in [9.17, 15) is 37.1 Å². The van der Waals surface area contributed by atoms with Gasteiger partial charge in [0.2, 0.25) is 11.8 Å². The van der Waals surface area contributed by atoms with Crippen LogP contribution in [0.5, 0.6) is 0 Å². The van der Waals surface area contributed by atoms with E-state index in [1.807, 2.05) is 79.1 Å². The van der Waals surface area contributed by atoms with Crippen molar-refractivity contribution in [3.05, 3.63) is 94.5 Å². The number of nitrogens with one attached hydrogen (secondary N) is 1. The van der Waals surface area contributed by atoms with Gasteiger partial charge in [-0.15, -0.1) is 0 Å². The molecule has 2 N–H and O–H groups in total. The first-order chi connectivity index (χ1) is 33.8. The van der Waals surface area contributed by atoms with E-state index in [0.29, 0.717) is 53.9 Å². The number of nitrogens with zero attached hydrogens (tertiary/aromatic N) is 9. The van der Waals surface area contributed by atoms with E-state index in [0.717, 1.165) is 61.5 Å². The van der Waals surface area contributed by atoms with Crippen molar-refractivity contribution in [2.75, 3.05) is 50.1 Å². The minimum Gasteiger partial charge on any atom is -0.475 e. The Morgan fingerprint density at radius 3 is 1.49 bits per heavy atom. The summed E-state index contributed by atoms with van der Waals surface area (Å²) in [5.74, 6) is -1.39. The van der Waals surface area contributed by atoms with Gasteiger partial charge in [-0.05, 0) is 93.4 Å². The summed E-state index contributed by atoms with van der Waals surface area (Å²) in [4.78, 5) is 79.5. The monoisotopic (exact) mass is 1060 g/mol. The summed E-state index contributed by atoms with van der Waals surface area (Å²) in [7, 11) is 3.32. The van der Waals surface area contributed by atoms with Gasteiger partial charge in [0.25, 0.3) is 0 Å². The van der Waals surface area contributed by atoms with Crippen molar-refractivity contribution in [2.24, 2.45) is 23.7 Å². The molecule has 4 fully saturated rings. The van der Waals surface area contributed by atoms with Crippen molar-refractivity contribution in [1.29, 1.82) is 0 Å². The van der Waals surface area contributed by atoms with Gasteiger partial charge in [0, 0.05) is 82.8 Å². The predicted octanol–water partition coefficient (Wildman–Crippen LogP) is 8.89. The third-order valence-corrected chi connectivity index (χ3v) is 14.2. The molecule has 6 atom stereocenters. The van der Waals surface area contributed by atoms with Gasteiger partial charge in [0.1, 0.15) is 5.60 Å². The number of halogens is 5. The van der Waals surface area contributed by atoms with Gasteiger partial charge in [0.15, 0.2) is 0 Å². The Kier molecular flexibility index (Phi) is 19.2. The zero-order chi connectivity index (χ0) is 52.8. The lowest BCUT2D eigenvalue weighted by Crippen LogP contribution is -2.43. The summed E-state index contributed by atoms with van der Waals surface area (Å²) >= 11 is 12.6. The van der Waals surface area contributed by atoms with Gasteiger partial charge in [-0.2, -0.15) is 32.7 Å². The number of aromatic nitrogens is 4. The van der Waals surface area contributed by atoms with Crippen LogP contribution in [0.4, 0.5) is 38.9 Å². The molecule has 2 aromatic carbocycles. The van der Waals surface area contributed by atoms with Crippen LogP contribution in [0.3, 0.4) is 0 Å². The number of carboxylic acids is 1. The highest BCUT2D eigenvalue weighted by atomic mass is 35.5. The molecule has 2 aliphatic carbocycles. The quantitative estimate of drug-likeness (QED) is 0.171. The molecule has 0 bridgehead atoms. The number of rotatable bonds is 8. The molecule has 2 saturated carbocycles. The predicted molar refractivity (Wildman–Crippen MR) is 269 cm³/mol. The van der Waals surface area contributed by atoms with E-state index >= 15 is 0 Å². The van der Waals surface area contributed by atoms with Crippen molar-refractivity contribution >= 4 is 70.5 Å². The van der Waals surface area contributed by atoms with Crippen molar-refractivity contribution in [2.45, 2.75) is 105 Å². The van der Waals surface area contributed by atoms with Crippen LogP contribution in [-0.4, -0.2) is 139 Å². The summed E-state index contributed by atoms with van der Waals surface area (Å²) in [6, 6.07) is 15.6. The summed E-state index contributed by atoms with van der Waals surface area (Å²) in [6.45, 7) is 12.4. The van der Waals surface area contributed by atoms with Crippen LogP contribution in [0.15, 0.2) is 73.3 Å². The molecule has 23 heteroatoms. The number of carbonyl (C=O) groups excluding carboxylic acids is 5. The van der Waals surface area contributed by atoms with Crippen LogP contribution >= 0.6 is 23.2 Å². The SMILES string of the molecule is C.CC(=O)N(C)c1cnn(C(=O)N2C[C@H]3CC(N(Cc4ccccc4Cl)C(=O)OC(C)(C)C)C[C@H]3C2)c1.CC(=O)N(C)c1cnn(C(=O)N2C[C@H]3CC(NCc4ccccc4Cl)C[C@H]3C2)c1.O=C(O)C(F)(F)F. The van der Waals surface area contributed by atoms with Crippen LogP contribution in [0.1, 0.15) is 78.9 Å². The van der Waals surface area contributed by atoms with Gasteiger partial charge in [-0.1, -0.05) is 67.0 Å². The van der Waals surface area contributed by atoms with Gasteiger partial charge in [-0.3, -0.25) is 9.59 Å². The standard InChI is InChI=1S/C26H34ClN5O4.C21H26ClN5O2.C2HF3O2.CH4/c1-17(33)29(5)22-12-28-32(16-22)24(34)30-13-19-10-21(11-20(19)14-30)31(25(35)36-26(2,3)4)15-18-8-6-7-9-23(18)27;1-14(28)25(2)19-10-24-27(13-19)21(29)26-11-16-7-18(8-17(16)12-26)23-9-15-5-3-4-6-20(15)22;3-2(4,5)1(6)7;/h6-9,12,16,19-21H,10-11,13-15H2,1-5H3;3-6,10,13,16-18,23H,7-9,11-12H2,1-2H3;(H,6,7);1H4/t19-,20+,21?;16-,17+,18?;;. The van der Waals surface area contributed by atoms with Crippen LogP contribution < -0.4 is 15.1 Å². The van der Waals surface area contributed by atoms with Crippen molar-refractivity contribution in [3.63, 3.8) is 0 Å². The zero-order valence-corrected chi connectivity index (χ0v) is 42.7. The number of hydrogen-bond donors (Lipinski definition) is 2. The fourth-order valence-electron chi connectivity index (χ4n) is 9.51. The number of aliphatic carboxylic acids is 1. The number of ether oxygens (including phenoxy) is 1. The number of hydrogen-bond acceptors (Lipinski definition) is 10. The maximum absolute atomic E-state index is 13.2. The number of likely N-dealkylation sites (tertiary alicyclic amines) is 2. The first kappa shape index (κ1) is 57.7. The number of carbonyl (C=O) groups is 6. The Morgan fingerprint density at radius 2 is 1.11 bits per heavy atom. The number of alkyl halides is 3. The van der Waals surface area contributed by atoms with Crippen LogP contribution in [0, 0.1) is 23.7 Å².